The molecule has 3 rings (SSSR count). The van der Waals surface area contributed by atoms with E-state index in [1.165, 1.54) is 24.3 Å². The zero-order chi connectivity index (χ0) is 19.6. The Kier molecular flexibility index (Phi) is 5.43. The number of hydrogen-bond acceptors (Lipinski definition) is 5. The first kappa shape index (κ1) is 18.9. The first-order valence-corrected chi connectivity index (χ1v) is 9.08. The minimum absolute atomic E-state index is 0.0555. The Labute approximate surface area is 157 Å². The first-order valence-electron chi connectivity index (χ1n) is 9.08. The maximum Gasteiger partial charge on any atom is 0.338 e. The molecule has 1 aromatic carbocycles. The number of nitrogens with one attached hydrogen (secondary N) is 2. The summed E-state index contributed by atoms with van der Waals surface area (Å²) in [4.78, 5) is 35.1. The van der Waals surface area contributed by atoms with Crippen molar-refractivity contribution < 1.29 is 19.2 Å². The maximum absolute atomic E-state index is 12.9. The molecule has 3 atom stereocenters. The Balaban J connectivity index is 1.85. The third-order valence-electron chi connectivity index (χ3n) is 5.09. The van der Waals surface area contributed by atoms with Gasteiger partial charge in [-0.25, -0.2) is 9.59 Å². The summed E-state index contributed by atoms with van der Waals surface area (Å²) in [6.45, 7) is 3.80. The Hall–Kier alpha value is -2.90. The second-order valence-electron chi connectivity index (χ2n) is 7.22. The van der Waals surface area contributed by atoms with Crippen LogP contribution >= 0.6 is 0 Å². The highest BCUT2D eigenvalue weighted by atomic mass is 16.6. The molecule has 1 aromatic rings. The van der Waals surface area contributed by atoms with Crippen molar-refractivity contribution in [3.8, 4) is 0 Å². The van der Waals surface area contributed by atoms with Gasteiger partial charge < -0.3 is 15.4 Å². The van der Waals surface area contributed by atoms with E-state index in [9.17, 15) is 19.7 Å². The number of nitrogens with zero attached hydrogens (tertiary/aromatic N) is 1. The number of rotatable bonds is 4. The molecule has 8 nitrogen and oxygen atoms in total. The minimum Gasteiger partial charge on any atom is -0.459 e. The molecule has 1 saturated carbocycles. The molecule has 0 bridgehead atoms. The van der Waals surface area contributed by atoms with Crippen LogP contribution in [0, 0.1) is 16.0 Å². The van der Waals surface area contributed by atoms with Gasteiger partial charge in [0.15, 0.2) is 0 Å². The van der Waals surface area contributed by atoms with Gasteiger partial charge in [-0.05, 0) is 49.8 Å². The summed E-state index contributed by atoms with van der Waals surface area (Å²) in [5.74, 6) is 0.0451. The third-order valence-corrected chi connectivity index (χ3v) is 5.09. The van der Waals surface area contributed by atoms with E-state index in [0.29, 0.717) is 22.8 Å². The summed E-state index contributed by atoms with van der Waals surface area (Å²) in [6, 6.07) is 4.64. The van der Waals surface area contributed by atoms with Gasteiger partial charge in [-0.1, -0.05) is 13.3 Å². The zero-order valence-corrected chi connectivity index (χ0v) is 15.4. The molecule has 0 spiro atoms. The Morgan fingerprint density at radius 1 is 1.26 bits per heavy atom. The minimum atomic E-state index is -0.715. The number of nitro groups is 1. The van der Waals surface area contributed by atoms with Crippen molar-refractivity contribution in [2.45, 2.75) is 51.7 Å². The molecule has 0 saturated heterocycles. The number of nitro benzene ring substituents is 1. The SMILES string of the molecule is CC1=C(C(=O)O[C@@H]2CCC[C@H](C)C2)[C@H](c2ccc([N+](=O)[O-])cc2)NC(=O)N1. The Morgan fingerprint density at radius 3 is 2.59 bits per heavy atom. The summed E-state index contributed by atoms with van der Waals surface area (Å²) in [5, 5.41) is 16.2. The number of hydrogen-bond donors (Lipinski definition) is 2. The fraction of sp³-hybridized carbons (Fsp3) is 0.474. The lowest BCUT2D eigenvalue weighted by Gasteiger charge is -2.31. The van der Waals surface area contributed by atoms with Crippen LogP contribution < -0.4 is 10.6 Å². The summed E-state index contributed by atoms with van der Waals surface area (Å²) in [5.41, 5.74) is 1.27. The fourth-order valence-electron chi connectivity index (χ4n) is 3.70. The van der Waals surface area contributed by atoms with Crippen molar-refractivity contribution >= 4 is 17.7 Å². The molecule has 0 radical (unpaired) electrons. The van der Waals surface area contributed by atoms with Crippen LogP contribution in [0.3, 0.4) is 0 Å². The van der Waals surface area contributed by atoms with E-state index in [1.807, 2.05) is 0 Å². The molecule has 0 unspecified atom stereocenters. The number of esters is 1. The molecule has 27 heavy (non-hydrogen) atoms. The van der Waals surface area contributed by atoms with Crippen LogP contribution in [0.2, 0.25) is 0 Å². The van der Waals surface area contributed by atoms with Crippen molar-refractivity contribution in [3.63, 3.8) is 0 Å². The van der Waals surface area contributed by atoms with E-state index >= 15 is 0 Å². The average Bonchev–Trinajstić information content (AvgIpc) is 2.61. The topological polar surface area (TPSA) is 111 Å². The number of benzene rings is 1. The molecule has 144 valence electrons. The zero-order valence-electron chi connectivity index (χ0n) is 15.4. The smallest absolute Gasteiger partial charge is 0.338 e. The van der Waals surface area contributed by atoms with Gasteiger partial charge in [0.25, 0.3) is 5.69 Å². The van der Waals surface area contributed by atoms with E-state index in [-0.39, 0.29) is 11.8 Å². The highest BCUT2D eigenvalue weighted by molar-refractivity contribution is 5.95. The number of carbonyl (C=O) groups is 2. The second kappa shape index (κ2) is 7.77. The van der Waals surface area contributed by atoms with Crippen molar-refractivity contribution in [2.75, 3.05) is 0 Å². The van der Waals surface area contributed by atoms with Crippen LogP contribution in [0.5, 0.6) is 0 Å². The molecule has 2 N–H and O–H groups in total. The predicted molar refractivity (Wildman–Crippen MR) is 97.7 cm³/mol. The molecule has 8 heteroatoms. The number of urea groups is 1. The van der Waals surface area contributed by atoms with Crippen molar-refractivity contribution in [1.82, 2.24) is 10.6 Å². The van der Waals surface area contributed by atoms with Crippen LogP contribution in [-0.2, 0) is 9.53 Å². The number of non-ortho nitro benzene ring substituents is 1. The van der Waals surface area contributed by atoms with E-state index in [0.717, 1.165) is 25.7 Å². The molecule has 2 amide bonds. The van der Waals surface area contributed by atoms with Gasteiger partial charge in [0.1, 0.15) is 6.10 Å². The van der Waals surface area contributed by atoms with Crippen molar-refractivity contribution in [3.05, 3.63) is 51.2 Å². The quantitative estimate of drug-likeness (QED) is 0.478. The van der Waals surface area contributed by atoms with Gasteiger partial charge in [0.05, 0.1) is 16.5 Å². The molecule has 1 aliphatic heterocycles. The number of allylic oxidation sites excluding steroid dienone is 1. The molecule has 1 fully saturated rings. The summed E-state index contributed by atoms with van der Waals surface area (Å²) < 4.78 is 5.72. The number of ether oxygens (including phenoxy) is 1. The molecule has 1 aliphatic carbocycles. The monoisotopic (exact) mass is 373 g/mol. The van der Waals surface area contributed by atoms with Crippen LogP contribution in [0.15, 0.2) is 35.5 Å². The fourth-order valence-corrected chi connectivity index (χ4v) is 3.70. The Morgan fingerprint density at radius 2 is 1.96 bits per heavy atom. The summed E-state index contributed by atoms with van der Waals surface area (Å²) in [6.07, 6.45) is 3.71. The van der Waals surface area contributed by atoms with Gasteiger partial charge in [-0.15, -0.1) is 0 Å². The number of amides is 2. The van der Waals surface area contributed by atoms with E-state index in [4.69, 9.17) is 4.74 Å². The van der Waals surface area contributed by atoms with Gasteiger partial charge in [0.2, 0.25) is 0 Å². The van der Waals surface area contributed by atoms with Crippen LogP contribution in [0.1, 0.15) is 51.1 Å². The van der Waals surface area contributed by atoms with E-state index < -0.39 is 23.0 Å². The van der Waals surface area contributed by atoms with Gasteiger partial charge in [-0.3, -0.25) is 10.1 Å². The lowest BCUT2D eigenvalue weighted by atomic mass is 9.88. The van der Waals surface area contributed by atoms with Gasteiger partial charge >= 0.3 is 12.0 Å². The van der Waals surface area contributed by atoms with Crippen molar-refractivity contribution in [1.29, 1.82) is 0 Å². The molecular weight excluding hydrogens is 350 g/mol. The second-order valence-corrected chi connectivity index (χ2v) is 7.22. The normalized spacial score (nSPS) is 25.4. The first-order chi connectivity index (χ1) is 12.8. The van der Waals surface area contributed by atoms with Crippen LogP contribution in [-0.4, -0.2) is 23.0 Å². The van der Waals surface area contributed by atoms with Gasteiger partial charge in [0, 0.05) is 17.8 Å². The molecule has 1 heterocycles. The summed E-state index contributed by atoms with van der Waals surface area (Å²) in [7, 11) is 0. The maximum atomic E-state index is 12.9. The van der Waals surface area contributed by atoms with Gasteiger partial charge in [-0.2, -0.15) is 0 Å². The van der Waals surface area contributed by atoms with Crippen LogP contribution in [0.25, 0.3) is 0 Å². The molecule has 2 aliphatic rings. The molecular formula is C19H23N3O5. The number of carbonyl (C=O) groups excluding carboxylic acids is 2. The van der Waals surface area contributed by atoms with Crippen LogP contribution in [0.4, 0.5) is 10.5 Å². The highest BCUT2D eigenvalue weighted by Gasteiger charge is 2.34. The summed E-state index contributed by atoms with van der Waals surface area (Å²) >= 11 is 0. The predicted octanol–water partition coefficient (Wildman–Crippen LogP) is 3.34. The Bertz CT molecular complexity index is 787. The highest BCUT2D eigenvalue weighted by Crippen LogP contribution is 2.31. The van der Waals surface area contributed by atoms with E-state index in [1.54, 1.807) is 6.92 Å². The van der Waals surface area contributed by atoms with Crippen molar-refractivity contribution in [2.24, 2.45) is 5.92 Å². The lowest BCUT2D eigenvalue weighted by Crippen LogP contribution is -2.45. The largest absolute Gasteiger partial charge is 0.459 e. The van der Waals surface area contributed by atoms with E-state index in [2.05, 4.69) is 17.6 Å². The standard InChI is InChI=1S/C19H23N3O5/c1-11-4-3-5-15(10-11)27-18(23)16-12(2)20-19(24)21-17(16)13-6-8-14(9-7-13)22(25)26/h6-9,11,15,17H,3-5,10H2,1-2H3,(H2,20,21,24)/t11-,15+,17-/m0/s1. The molecule has 0 aromatic heterocycles. The average molecular weight is 373 g/mol. The third kappa shape index (κ3) is 4.27. The lowest BCUT2D eigenvalue weighted by molar-refractivity contribution is -0.384.